The van der Waals surface area contributed by atoms with E-state index in [1.165, 1.54) is 6.07 Å². The molecule has 0 radical (unpaired) electrons. The van der Waals surface area contributed by atoms with Gasteiger partial charge in [0.1, 0.15) is 0 Å². The van der Waals surface area contributed by atoms with Crippen molar-refractivity contribution < 1.29 is 23.2 Å². The Morgan fingerprint density at radius 1 is 1.39 bits per heavy atom. The highest BCUT2D eigenvalue weighted by Gasteiger charge is 2.18. The first-order chi connectivity index (χ1) is 8.52. The van der Waals surface area contributed by atoms with Crippen LogP contribution in [0.1, 0.15) is 23.0 Å². The zero-order chi connectivity index (χ0) is 13.3. The molecule has 1 aromatic carbocycles. The van der Waals surface area contributed by atoms with Crippen molar-refractivity contribution in [1.29, 1.82) is 0 Å². The molecule has 0 fully saturated rings. The third-order valence-electron chi connectivity index (χ3n) is 2.49. The van der Waals surface area contributed by atoms with Crippen molar-refractivity contribution in [2.24, 2.45) is 0 Å². The summed E-state index contributed by atoms with van der Waals surface area (Å²) in [6, 6.07) is 3.55. The Labute approximate surface area is 101 Å². The lowest BCUT2D eigenvalue weighted by Gasteiger charge is -2.03. The van der Waals surface area contributed by atoms with Crippen molar-refractivity contribution in [2.45, 2.75) is 13.3 Å². The molecule has 2 aromatic rings. The Hall–Kier alpha value is -2.24. The summed E-state index contributed by atoms with van der Waals surface area (Å²) in [5.41, 5.74) is 0.0933. The number of hydrogen-bond donors (Lipinski definition) is 1. The first-order valence-corrected chi connectivity index (χ1v) is 5.21. The van der Waals surface area contributed by atoms with E-state index in [1.807, 2.05) is 0 Å². The van der Waals surface area contributed by atoms with Crippen LogP contribution < -0.4 is 0 Å². The lowest BCUT2D eigenvalue weighted by molar-refractivity contribution is 0.0686. The van der Waals surface area contributed by atoms with Crippen LogP contribution >= 0.6 is 0 Å². The van der Waals surface area contributed by atoms with Crippen LogP contribution in [0, 0.1) is 11.6 Å². The van der Waals surface area contributed by atoms with Crippen LogP contribution in [0.15, 0.2) is 22.7 Å². The van der Waals surface area contributed by atoms with Gasteiger partial charge in [0, 0.05) is 6.07 Å². The van der Waals surface area contributed by atoms with Crippen LogP contribution in [0.4, 0.5) is 8.78 Å². The molecule has 0 bridgehead atoms. The maximum Gasteiger partial charge on any atom is 0.358 e. The number of carbonyl (C=O) groups is 1. The highest BCUT2D eigenvalue weighted by atomic mass is 19.2. The fraction of sp³-hybridized carbons (Fsp3) is 0.167. The SMILES string of the molecule is CCc1cc(F)c(F)c(-c2cc(C(=O)O)no2)c1. The second-order valence-corrected chi connectivity index (χ2v) is 3.67. The largest absolute Gasteiger partial charge is 0.476 e. The summed E-state index contributed by atoms with van der Waals surface area (Å²) in [5, 5.41) is 11.9. The van der Waals surface area contributed by atoms with Crippen molar-refractivity contribution >= 4 is 5.97 Å². The smallest absolute Gasteiger partial charge is 0.358 e. The first-order valence-electron chi connectivity index (χ1n) is 5.21. The van der Waals surface area contributed by atoms with E-state index < -0.39 is 17.6 Å². The summed E-state index contributed by atoms with van der Waals surface area (Å²) < 4.78 is 31.6. The molecule has 2 rings (SSSR count). The number of nitrogens with zero attached hydrogens (tertiary/aromatic N) is 1. The Morgan fingerprint density at radius 3 is 2.67 bits per heavy atom. The summed E-state index contributed by atoms with van der Waals surface area (Å²) in [7, 11) is 0. The van der Waals surface area contributed by atoms with Crippen molar-refractivity contribution in [3.63, 3.8) is 0 Å². The van der Waals surface area contributed by atoms with Crippen LogP contribution in [-0.4, -0.2) is 16.2 Å². The Morgan fingerprint density at radius 2 is 2.11 bits per heavy atom. The number of aromatic carboxylic acids is 1. The van der Waals surface area contributed by atoms with Gasteiger partial charge in [-0.3, -0.25) is 0 Å². The second kappa shape index (κ2) is 4.56. The van der Waals surface area contributed by atoms with Gasteiger partial charge in [-0.15, -0.1) is 0 Å². The molecule has 0 saturated heterocycles. The van der Waals surface area contributed by atoms with Gasteiger partial charge in [-0.25, -0.2) is 13.6 Å². The van der Waals surface area contributed by atoms with E-state index in [-0.39, 0.29) is 17.0 Å². The van der Waals surface area contributed by atoms with E-state index in [2.05, 4.69) is 5.16 Å². The number of rotatable bonds is 3. The normalized spacial score (nSPS) is 10.6. The van der Waals surface area contributed by atoms with Crippen molar-refractivity contribution in [2.75, 3.05) is 0 Å². The molecular formula is C12H9F2NO3. The monoisotopic (exact) mass is 253 g/mol. The average molecular weight is 253 g/mol. The van der Waals surface area contributed by atoms with Gasteiger partial charge in [0.15, 0.2) is 23.1 Å². The van der Waals surface area contributed by atoms with Gasteiger partial charge in [-0.05, 0) is 24.1 Å². The molecule has 94 valence electrons. The maximum atomic E-state index is 13.6. The molecule has 0 unspecified atom stereocenters. The van der Waals surface area contributed by atoms with Crippen molar-refractivity contribution in [3.8, 4) is 11.3 Å². The molecule has 6 heteroatoms. The van der Waals surface area contributed by atoms with Crippen LogP contribution in [0.5, 0.6) is 0 Å². The summed E-state index contributed by atoms with van der Waals surface area (Å²) in [5.74, 6) is -3.49. The zero-order valence-corrected chi connectivity index (χ0v) is 9.41. The Bertz CT molecular complexity index is 607. The van der Waals surface area contributed by atoms with Crippen LogP contribution in [0.2, 0.25) is 0 Å². The van der Waals surface area contributed by atoms with Crippen molar-refractivity contribution in [1.82, 2.24) is 5.16 Å². The van der Waals surface area contributed by atoms with Crippen molar-refractivity contribution in [3.05, 3.63) is 41.1 Å². The lowest BCUT2D eigenvalue weighted by atomic mass is 10.1. The number of carboxylic acids is 1. The zero-order valence-electron chi connectivity index (χ0n) is 9.41. The molecular weight excluding hydrogens is 244 g/mol. The summed E-state index contributed by atoms with van der Waals surface area (Å²) >= 11 is 0. The third-order valence-corrected chi connectivity index (χ3v) is 2.49. The van der Waals surface area contributed by atoms with E-state index in [1.54, 1.807) is 6.92 Å². The van der Waals surface area contributed by atoms with Gasteiger partial charge in [-0.2, -0.15) is 0 Å². The number of aryl methyl sites for hydroxylation is 1. The summed E-state index contributed by atoms with van der Waals surface area (Å²) in [4.78, 5) is 10.6. The molecule has 0 spiro atoms. The molecule has 0 aliphatic carbocycles. The molecule has 1 N–H and O–H groups in total. The minimum atomic E-state index is -1.29. The molecule has 1 aromatic heterocycles. The Kier molecular flexibility index (Phi) is 3.10. The predicted octanol–water partition coefficient (Wildman–Crippen LogP) is 2.88. The molecule has 0 aliphatic heterocycles. The van der Waals surface area contributed by atoms with E-state index in [0.717, 1.165) is 12.1 Å². The maximum absolute atomic E-state index is 13.6. The topological polar surface area (TPSA) is 63.3 Å². The van der Waals surface area contributed by atoms with Gasteiger partial charge in [0.2, 0.25) is 0 Å². The fourth-order valence-corrected chi connectivity index (χ4v) is 1.53. The summed E-state index contributed by atoms with van der Waals surface area (Å²) in [6.45, 7) is 1.79. The minimum Gasteiger partial charge on any atom is -0.476 e. The van der Waals surface area contributed by atoms with Crippen LogP contribution in [0.3, 0.4) is 0 Å². The molecule has 0 aliphatic rings. The Balaban J connectivity index is 2.55. The van der Waals surface area contributed by atoms with Gasteiger partial charge in [0.25, 0.3) is 0 Å². The molecule has 0 saturated carbocycles. The lowest BCUT2D eigenvalue weighted by Crippen LogP contribution is -1.95. The average Bonchev–Trinajstić information content (AvgIpc) is 2.82. The highest BCUT2D eigenvalue weighted by Crippen LogP contribution is 2.27. The molecule has 1 heterocycles. The van der Waals surface area contributed by atoms with E-state index in [0.29, 0.717) is 12.0 Å². The van der Waals surface area contributed by atoms with E-state index in [4.69, 9.17) is 9.63 Å². The second-order valence-electron chi connectivity index (χ2n) is 3.67. The van der Waals surface area contributed by atoms with E-state index >= 15 is 0 Å². The van der Waals surface area contributed by atoms with Gasteiger partial charge >= 0.3 is 5.97 Å². The standard InChI is InChI=1S/C12H9F2NO3/c1-2-6-3-7(11(14)8(13)4-6)10-5-9(12(16)17)15-18-10/h3-5H,2H2,1H3,(H,16,17). The van der Waals surface area contributed by atoms with Gasteiger partial charge < -0.3 is 9.63 Å². The number of carboxylic acid groups (broad SMARTS) is 1. The number of hydrogen-bond acceptors (Lipinski definition) is 3. The van der Waals surface area contributed by atoms with Crippen LogP contribution in [0.25, 0.3) is 11.3 Å². The molecule has 18 heavy (non-hydrogen) atoms. The number of aromatic nitrogens is 1. The quantitative estimate of drug-likeness (QED) is 0.913. The predicted molar refractivity (Wildman–Crippen MR) is 58.2 cm³/mol. The third kappa shape index (κ3) is 2.09. The minimum absolute atomic E-state index is 0.112. The number of halogens is 2. The van der Waals surface area contributed by atoms with Gasteiger partial charge in [0.05, 0.1) is 5.56 Å². The number of benzene rings is 1. The van der Waals surface area contributed by atoms with Gasteiger partial charge in [-0.1, -0.05) is 12.1 Å². The molecule has 0 atom stereocenters. The molecule has 4 nitrogen and oxygen atoms in total. The highest BCUT2D eigenvalue weighted by molar-refractivity contribution is 5.86. The molecule has 0 amide bonds. The summed E-state index contributed by atoms with van der Waals surface area (Å²) in [6.07, 6.45) is 0.518. The first kappa shape index (κ1) is 12.2. The van der Waals surface area contributed by atoms with Crippen LogP contribution in [-0.2, 0) is 6.42 Å². The fourth-order valence-electron chi connectivity index (χ4n) is 1.53. The van der Waals surface area contributed by atoms with E-state index in [9.17, 15) is 13.6 Å².